The van der Waals surface area contributed by atoms with E-state index in [1.807, 2.05) is 6.07 Å². The lowest BCUT2D eigenvalue weighted by Crippen LogP contribution is -2.23. The lowest BCUT2D eigenvalue weighted by atomic mass is 9.89. The van der Waals surface area contributed by atoms with Gasteiger partial charge in [0.15, 0.2) is 0 Å². The van der Waals surface area contributed by atoms with Gasteiger partial charge in [0, 0.05) is 26.7 Å². The Bertz CT molecular complexity index is 1020. The van der Waals surface area contributed by atoms with Gasteiger partial charge in [-0.3, -0.25) is 4.79 Å². The van der Waals surface area contributed by atoms with Gasteiger partial charge < -0.3 is 10.1 Å². The van der Waals surface area contributed by atoms with Crippen LogP contribution in [-0.4, -0.2) is 12.5 Å². The third-order valence-electron chi connectivity index (χ3n) is 5.34. The number of anilines is 1. The summed E-state index contributed by atoms with van der Waals surface area (Å²) in [5.74, 6) is 0.404. The monoisotopic (exact) mass is 412 g/mol. The van der Waals surface area contributed by atoms with Crippen LogP contribution in [0.15, 0.2) is 36.4 Å². The maximum Gasteiger partial charge on any atom is 0.256 e. The molecule has 142 valence electrons. The molecule has 1 N–H and O–H groups in total. The van der Waals surface area contributed by atoms with E-state index in [4.69, 9.17) is 27.9 Å². The first-order valence-corrected chi connectivity index (χ1v) is 9.92. The first-order valence-electron chi connectivity index (χ1n) is 9.16. The summed E-state index contributed by atoms with van der Waals surface area (Å²) in [5.41, 5.74) is 2.26. The number of nitriles is 1. The van der Waals surface area contributed by atoms with Crippen LogP contribution in [0.1, 0.15) is 36.8 Å². The lowest BCUT2D eigenvalue weighted by molar-refractivity contribution is -0.110. The first-order chi connectivity index (χ1) is 13.5. The first kappa shape index (κ1) is 18.9. The van der Waals surface area contributed by atoms with Gasteiger partial charge in [0.05, 0.1) is 17.2 Å². The number of rotatable bonds is 4. The second-order valence-corrected chi connectivity index (χ2v) is 8.14. The van der Waals surface area contributed by atoms with Crippen LogP contribution in [0.2, 0.25) is 10.0 Å². The normalized spacial score (nSPS) is 18.6. The molecule has 2 aromatic carbocycles. The maximum absolute atomic E-state index is 12.5. The lowest BCUT2D eigenvalue weighted by Gasteiger charge is -2.21. The number of hydrogen-bond donors (Lipinski definition) is 1. The quantitative estimate of drug-likeness (QED) is 0.630. The van der Waals surface area contributed by atoms with Crippen molar-refractivity contribution in [1.29, 1.82) is 5.26 Å². The maximum atomic E-state index is 12.5. The Morgan fingerprint density at radius 1 is 1.14 bits per heavy atom. The average Bonchev–Trinajstić information content (AvgIpc) is 3.26. The highest BCUT2D eigenvalue weighted by molar-refractivity contribution is 6.37. The molecule has 1 aliphatic heterocycles. The summed E-state index contributed by atoms with van der Waals surface area (Å²) in [6.45, 7) is 0.333. The fourth-order valence-electron chi connectivity index (χ4n) is 3.79. The van der Waals surface area contributed by atoms with E-state index in [2.05, 4.69) is 11.4 Å². The average molecular weight is 413 g/mol. The molecule has 1 heterocycles. The summed E-state index contributed by atoms with van der Waals surface area (Å²) < 4.78 is 6.04. The second-order valence-electron chi connectivity index (χ2n) is 7.27. The van der Waals surface area contributed by atoms with Crippen LogP contribution in [-0.2, 0) is 4.79 Å². The molecule has 1 amide bonds. The largest absolute Gasteiger partial charge is 0.491 e. The van der Waals surface area contributed by atoms with E-state index < -0.39 is 5.41 Å². The molecule has 0 atom stereocenters. The molecule has 0 radical (unpaired) electrons. The fourth-order valence-corrected chi connectivity index (χ4v) is 4.14. The van der Waals surface area contributed by atoms with Crippen molar-refractivity contribution in [3.8, 4) is 11.8 Å². The second kappa shape index (κ2) is 7.50. The third-order valence-corrected chi connectivity index (χ3v) is 5.81. The van der Waals surface area contributed by atoms with Gasteiger partial charge in [-0.1, -0.05) is 42.1 Å². The Balaban J connectivity index is 1.67. The number of ether oxygens (including phenoxy) is 1. The Kier molecular flexibility index (Phi) is 5.05. The molecule has 0 bridgehead atoms. The molecule has 1 aliphatic carbocycles. The van der Waals surface area contributed by atoms with E-state index in [1.165, 1.54) is 0 Å². The molecule has 4 rings (SSSR count). The van der Waals surface area contributed by atoms with Gasteiger partial charge in [-0.05, 0) is 49.2 Å². The Morgan fingerprint density at radius 2 is 1.86 bits per heavy atom. The molecule has 2 aromatic rings. The van der Waals surface area contributed by atoms with Crippen molar-refractivity contribution >= 4 is 46.4 Å². The SMILES string of the molecule is N#CC1(COc2ccc(Cl)cc2/C=C2/C(=O)Nc3cc(Cl)ccc32)CCCC1. The third kappa shape index (κ3) is 3.61. The summed E-state index contributed by atoms with van der Waals surface area (Å²) in [6, 6.07) is 13.0. The molecule has 4 nitrogen and oxygen atoms in total. The fraction of sp³-hybridized carbons (Fsp3) is 0.273. The minimum absolute atomic E-state index is 0.201. The van der Waals surface area contributed by atoms with Crippen molar-refractivity contribution in [3.63, 3.8) is 0 Å². The van der Waals surface area contributed by atoms with Crippen LogP contribution in [0.25, 0.3) is 11.6 Å². The minimum Gasteiger partial charge on any atom is -0.491 e. The summed E-state index contributed by atoms with van der Waals surface area (Å²) in [7, 11) is 0. The number of hydrogen-bond acceptors (Lipinski definition) is 3. The van der Waals surface area contributed by atoms with E-state index in [-0.39, 0.29) is 5.91 Å². The number of nitrogens with one attached hydrogen (secondary N) is 1. The van der Waals surface area contributed by atoms with Crippen molar-refractivity contribution in [2.24, 2.45) is 5.41 Å². The zero-order valence-corrected chi connectivity index (χ0v) is 16.6. The molecule has 0 aromatic heterocycles. The molecule has 0 saturated heterocycles. The van der Waals surface area contributed by atoms with Crippen LogP contribution in [0, 0.1) is 16.7 Å². The van der Waals surface area contributed by atoms with Gasteiger partial charge >= 0.3 is 0 Å². The number of nitrogens with zero attached hydrogens (tertiary/aromatic N) is 1. The highest BCUT2D eigenvalue weighted by Crippen LogP contribution is 2.40. The molecule has 6 heteroatoms. The molecule has 1 saturated carbocycles. The zero-order chi connectivity index (χ0) is 19.7. The van der Waals surface area contributed by atoms with Crippen LogP contribution in [0.4, 0.5) is 5.69 Å². The predicted molar refractivity (Wildman–Crippen MR) is 111 cm³/mol. The van der Waals surface area contributed by atoms with Gasteiger partial charge in [-0.15, -0.1) is 0 Å². The van der Waals surface area contributed by atoms with E-state index in [1.54, 1.807) is 36.4 Å². The molecular formula is C22H18Cl2N2O2. The predicted octanol–water partition coefficient (Wildman–Crippen LogP) is 5.95. The Labute approximate surface area is 173 Å². The molecule has 2 aliphatic rings. The number of fused-ring (bicyclic) bond motifs is 1. The summed E-state index contributed by atoms with van der Waals surface area (Å²) >= 11 is 12.2. The summed E-state index contributed by atoms with van der Waals surface area (Å²) in [6.07, 6.45) is 5.57. The van der Waals surface area contributed by atoms with Crippen molar-refractivity contribution < 1.29 is 9.53 Å². The van der Waals surface area contributed by atoms with Gasteiger partial charge in [0.1, 0.15) is 12.4 Å². The van der Waals surface area contributed by atoms with E-state index in [9.17, 15) is 10.1 Å². The van der Waals surface area contributed by atoms with Gasteiger partial charge in [0.25, 0.3) is 5.91 Å². The zero-order valence-electron chi connectivity index (χ0n) is 15.1. The highest BCUT2D eigenvalue weighted by atomic mass is 35.5. The van der Waals surface area contributed by atoms with Crippen molar-refractivity contribution in [2.45, 2.75) is 25.7 Å². The van der Waals surface area contributed by atoms with Gasteiger partial charge in [-0.2, -0.15) is 5.26 Å². The molecule has 0 spiro atoms. The minimum atomic E-state index is -0.432. The van der Waals surface area contributed by atoms with Crippen LogP contribution in [0.3, 0.4) is 0 Å². The molecular weight excluding hydrogens is 395 g/mol. The van der Waals surface area contributed by atoms with Crippen LogP contribution in [0.5, 0.6) is 5.75 Å². The van der Waals surface area contributed by atoms with Crippen LogP contribution < -0.4 is 10.1 Å². The number of benzene rings is 2. The molecule has 0 unspecified atom stereocenters. The molecule has 1 fully saturated rings. The van der Waals surface area contributed by atoms with E-state index in [0.717, 1.165) is 31.2 Å². The Morgan fingerprint density at radius 3 is 2.61 bits per heavy atom. The summed E-state index contributed by atoms with van der Waals surface area (Å²) in [4.78, 5) is 12.5. The van der Waals surface area contributed by atoms with Crippen molar-refractivity contribution in [1.82, 2.24) is 0 Å². The standard InChI is InChI=1S/C22H18Cl2N2O2/c23-15-4-6-20(28-13-22(12-25)7-1-2-8-22)14(9-15)10-18-17-5-3-16(24)11-19(17)26-21(18)27/h3-6,9-11H,1-2,7-8,13H2,(H,26,27)/b18-10+. The van der Waals surface area contributed by atoms with E-state index in [0.29, 0.717) is 39.2 Å². The van der Waals surface area contributed by atoms with E-state index >= 15 is 0 Å². The smallest absolute Gasteiger partial charge is 0.256 e. The number of amides is 1. The topological polar surface area (TPSA) is 62.1 Å². The number of halogens is 2. The Hall–Kier alpha value is -2.48. The van der Waals surface area contributed by atoms with Crippen molar-refractivity contribution in [2.75, 3.05) is 11.9 Å². The number of carbonyl (C=O) groups excluding carboxylic acids is 1. The molecule has 28 heavy (non-hydrogen) atoms. The van der Waals surface area contributed by atoms with Crippen LogP contribution >= 0.6 is 23.2 Å². The highest BCUT2D eigenvalue weighted by Gasteiger charge is 2.35. The van der Waals surface area contributed by atoms with Gasteiger partial charge in [0.2, 0.25) is 0 Å². The summed E-state index contributed by atoms with van der Waals surface area (Å²) in [5, 5.41) is 13.5. The number of carbonyl (C=O) groups is 1. The van der Waals surface area contributed by atoms with Crippen molar-refractivity contribution in [3.05, 3.63) is 57.6 Å². The van der Waals surface area contributed by atoms with Gasteiger partial charge in [-0.25, -0.2) is 0 Å².